The molecule has 0 aliphatic rings. The third kappa shape index (κ3) is 3.89. The highest BCUT2D eigenvalue weighted by Crippen LogP contribution is 2.21. The molecule has 1 N–H and O–H groups in total. The zero-order valence-electron chi connectivity index (χ0n) is 8.64. The standard InChI is InChI=1S/C10H13NO3S/c1-7(6-14-2)15-9-5-8(10(12)13)3-4-11-9/h3-5,7H,6H2,1-2H3,(H,12,13). The van der Waals surface area contributed by atoms with Gasteiger partial charge in [0.15, 0.2) is 0 Å². The lowest BCUT2D eigenvalue weighted by Gasteiger charge is -2.08. The van der Waals surface area contributed by atoms with Crippen LogP contribution >= 0.6 is 11.8 Å². The van der Waals surface area contributed by atoms with Crippen molar-refractivity contribution in [3.05, 3.63) is 23.9 Å². The molecule has 1 aromatic rings. The maximum absolute atomic E-state index is 10.7. The van der Waals surface area contributed by atoms with Gasteiger partial charge in [0.2, 0.25) is 0 Å². The Morgan fingerprint density at radius 3 is 3.07 bits per heavy atom. The minimum Gasteiger partial charge on any atom is -0.478 e. The van der Waals surface area contributed by atoms with E-state index in [0.29, 0.717) is 11.6 Å². The summed E-state index contributed by atoms with van der Waals surface area (Å²) in [6, 6.07) is 3.05. The fraction of sp³-hybridized carbons (Fsp3) is 0.400. The highest BCUT2D eigenvalue weighted by Gasteiger charge is 2.08. The Morgan fingerprint density at radius 1 is 1.73 bits per heavy atom. The van der Waals surface area contributed by atoms with Gasteiger partial charge in [0.1, 0.15) is 0 Å². The van der Waals surface area contributed by atoms with E-state index in [0.717, 1.165) is 0 Å². The first-order valence-electron chi connectivity index (χ1n) is 4.48. The average Bonchev–Trinajstić information content (AvgIpc) is 2.18. The summed E-state index contributed by atoms with van der Waals surface area (Å²) in [5, 5.41) is 9.75. The second-order valence-electron chi connectivity index (χ2n) is 3.07. The highest BCUT2D eigenvalue weighted by atomic mass is 32.2. The summed E-state index contributed by atoms with van der Waals surface area (Å²) in [6.07, 6.45) is 1.51. The first-order valence-corrected chi connectivity index (χ1v) is 5.36. The van der Waals surface area contributed by atoms with Crippen LogP contribution in [0.15, 0.2) is 23.4 Å². The number of hydrogen-bond acceptors (Lipinski definition) is 4. The number of nitrogens with zero attached hydrogens (tertiary/aromatic N) is 1. The topological polar surface area (TPSA) is 59.4 Å². The molecule has 1 unspecified atom stereocenters. The number of carboxylic acid groups (broad SMARTS) is 1. The largest absolute Gasteiger partial charge is 0.478 e. The molecule has 0 aromatic carbocycles. The normalized spacial score (nSPS) is 12.4. The lowest BCUT2D eigenvalue weighted by Crippen LogP contribution is -2.06. The van der Waals surface area contributed by atoms with Crippen molar-refractivity contribution >= 4 is 17.7 Å². The maximum Gasteiger partial charge on any atom is 0.335 e. The van der Waals surface area contributed by atoms with Crippen LogP contribution < -0.4 is 0 Å². The van der Waals surface area contributed by atoms with Crippen LogP contribution in [-0.2, 0) is 4.74 Å². The number of methoxy groups -OCH3 is 1. The summed E-state index contributed by atoms with van der Waals surface area (Å²) in [6.45, 7) is 2.62. The van der Waals surface area contributed by atoms with Crippen molar-refractivity contribution in [3.8, 4) is 0 Å². The molecule has 1 atom stereocenters. The predicted octanol–water partition coefficient (Wildman–Crippen LogP) is 1.91. The highest BCUT2D eigenvalue weighted by molar-refractivity contribution is 7.99. The van der Waals surface area contributed by atoms with Crippen LogP contribution in [-0.4, -0.2) is 35.0 Å². The van der Waals surface area contributed by atoms with Crippen molar-refractivity contribution in [1.29, 1.82) is 0 Å². The third-order valence-electron chi connectivity index (χ3n) is 1.71. The van der Waals surface area contributed by atoms with Crippen molar-refractivity contribution in [3.63, 3.8) is 0 Å². The Hall–Kier alpha value is -1.07. The van der Waals surface area contributed by atoms with Crippen LogP contribution in [0.5, 0.6) is 0 Å². The van der Waals surface area contributed by atoms with Crippen LogP contribution in [0.2, 0.25) is 0 Å². The number of aromatic nitrogens is 1. The molecule has 1 heterocycles. The van der Waals surface area contributed by atoms with Gasteiger partial charge in [0, 0.05) is 18.6 Å². The fourth-order valence-corrected chi connectivity index (χ4v) is 2.01. The lowest BCUT2D eigenvalue weighted by molar-refractivity contribution is 0.0696. The van der Waals surface area contributed by atoms with Gasteiger partial charge in [-0.2, -0.15) is 0 Å². The van der Waals surface area contributed by atoms with Crippen LogP contribution in [0, 0.1) is 0 Å². The van der Waals surface area contributed by atoms with Crippen LogP contribution in [0.1, 0.15) is 17.3 Å². The second-order valence-corrected chi connectivity index (χ2v) is 4.53. The Morgan fingerprint density at radius 2 is 2.47 bits per heavy atom. The molecular weight excluding hydrogens is 214 g/mol. The molecule has 1 aromatic heterocycles. The van der Waals surface area contributed by atoms with Gasteiger partial charge in [-0.05, 0) is 12.1 Å². The van der Waals surface area contributed by atoms with Crippen molar-refractivity contribution in [2.24, 2.45) is 0 Å². The first kappa shape index (κ1) is 12.0. The van der Waals surface area contributed by atoms with E-state index in [1.54, 1.807) is 13.2 Å². The van der Waals surface area contributed by atoms with E-state index < -0.39 is 5.97 Å². The van der Waals surface area contributed by atoms with E-state index in [4.69, 9.17) is 9.84 Å². The van der Waals surface area contributed by atoms with Gasteiger partial charge in [-0.15, -0.1) is 11.8 Å². The van der Waals surface area contributed by atoms with E-state index >= 15 is 0 Å². The van der Waals surface area contributed by atoms with Crippen molar-refractivity contribution in [2.75, 3.05) is 13.7 Å². The fourth-order valence-electron chi connectivity index (χ4n) is 1.08. The average molecular weight is 227 g/mol. The molecule has 5 heteroatoms. The Kier molecular flexibility index (Phi) is 4.58. The van der Waals surface area contributed by atoms with Crippen LogP contribution in [0.4, 0.5) is 0 Å². The number of carboxylic acids is 1. The summed E-state index contributed by atoms with van der Waals surface area (Å²) >= 11 is 1.50. The Balaban J connectivity index is 2.69. The molecule has 15 heavy (non-hydrogen) atoms. The number of thioether (sulfide) groups is 1. The van der Waals surface area contributed by atoms with E-state index in [-0.39, 0.29) is 10.8 Å². The van der Waals surface area contributed by atoms with Gasteiger partial charge in [-0.25, -0.2) is 9.78 Å². The van der Waals surface area contributed by atoms with Gasteiger partial charge in [0.05, 0.1) is 17.2 Å². The molecule has 0 aliphatic carbocycles. The second kappa shape index (κ2) is 5.72. The summed E-state index contributed by atoms with van der Waals surface area (Å²) in [7, 11) is 1.64. The summed E-state index contributed by atoms with van der Waals surface area (Å²) in [5.74, 6) is -0.932. The summed E-state index contributed by atoms with van der Waals surface area (Å²) in [4.78, 5) is 14.8. The number of rotatable bonds is 5. The molecule has 0 bridgehead atoms. The SMILES string of the molecule is COCC(C)Sc1cc(C(=O)O)ccn1. The molecule has 0 aliphatic heterocycles. The molecule has 0 spiro atoms. The van der Waals surface area contributed by atoms with Gasteiger partial charge < -0.3 is 9.84 Å². The van der Waals surface area contributed by atoms with Crippen molar-refractivity contribution in [2.45, 2.75) is 17.2 Å². The maximum atomic E-state index is 10.7. The number of ether oxygens (including phenoxy) is 1. The molecule has 0 saturated carbocycles. The zero-order chi connectivity index (χ0) is 11.3. The minimum atomic E-state index is -0.932. The summed E-state index contributed by atoms with van der Waals surface area (Å²) in [5.41, 5.74) is 0.261. The van der Waals surface area contributed by atoms with Crippen molar-refractivity contribution < 1.29 is 14.6 Å². The number of carbonyl (C=O) groups is 1. The van der Waals surface area contributed by atoms with Gasteiger partial charge in [-0.3, -0.25) is 0 Å². The molecule has 82 valence electrons. The molecule has 0 amide bonds. The number of hydrogen-bond donors (Lipinski definition) is 1. The van der Waals surface area contributed by atoms with Gasteiger partial charge in [-0.1, -0.05) is 6.92 Å². The van der Waals surface area contributed by atoms with E-state index in [1.807, 2.05) is 6.92 Å². The third-order valence-corrected chi connectivity index (χ3v) is 2.71. The van der Waals surface area contributed by atoms with Gasteiger partial charge >= 0.3 is 5.97 Å². The number of aromatic carboxylic acids is 1. The lowest BCUT2D eigenvalue weighted by atomic mass is 10.3. The quantitative estimate of drug-likeness (QED) is 0.778. The van der Waals surface area contributed by atoms with Crippen LogP contribution in [0.25, 0.3) is 0 Å². The summed E-state index contributed by atoms with van der Waals surface area (Å²) < 4.78 is 4.99. The van der Waals surface area contributed by atoms with E-state index in [9.17, 15) is 4.79 Å². The van der Waals surface area contributed by atoms with E-state index in [1.165, 1.54) is 24.0 Å². The molecular formula is C10H13NO3S. The number of pyridine rings is 1. The molecule has 0 saturated heterocycles. The zero-order valence-corrected chi connectivity index (χ0v) is 9.45. The van der Waals surface area contributed by atoms with Crippen molar-refractivity contribution in [1.82, 2.24) is 4.98 Å². The molecule has 0 radical (unpaired) electrons. The minimum absolute atomic E-state index is 0.256. The Bertz CT molecular complexity index is 343. The predicted molar refractivity (Wildman–Crippen MR) is 58.4 cm³/mol. The molecule has 1 rings (SSSR count). The monoisotopic (exact) mass is 227 g/mol. The van der Waals surface area contributed by atoms with E-state index in [2.05, 4.69) is 4.98 Å². The molecule has 0 fully saturated rings. The first-order chi connectivity index (χ1) is 7.13. The van der Waals surface area contributed by atoms with Crippen LogP contribution in [0.3, 0.4) is 0 Å². The Labute approximate surface area is 92.7 Å². The molecule has 4 nitrogen and oxygen atoms in total. The van der Waals surface area contributed by atoms with Gasteiger partial charge in [0.25, 0.3) is 0 Å². The smallest absolute Gasteiger partial charge is 0.335 e.